The molecular weight excluding hydrogens is 384 g/mol. The van der Waals surface area contributed by atoms with Crippen molar-refractivity contribution >= 4 is 17.5 Å². The van der Waals surface area contributed by atoms with E-state index in [0.29, 0.717) is 28.6 Å². The van der Waals surface area contributed by atoms with Gasteiger partial charge in [-0.25, -0.2) is 15.0 Å². The van der Waals surface area contributed by atoms with Crippen molar-refractivity contribution < 1.29 is 14.3 Å². The molecule has 0 aliphatic heterocycles. The van der Waals surface area contributed by atoms with Gasteiger partial charge in [-0.1, -0.05) is 0 Å². The number of pyridine rings is 1. The molecule has 0 spiro atoms. The number of ether oxygens (including phenoxy) is 1. The topological polar surface area (TPSA) is 144 Å². The summed E-state index contributed by atoms with van der Waals surface area (Å²) in [6, 6.07) is 12.9. The number of aromatic nitrogens is 3. The summed E-state index contributed by atoms with van der Waals surface area (Å²) in [7, 11) is 0. The first-order valence-electron chi connectivity index (χ1n) is 8.96. The van der Waals surface area contributed by atoms with Gasteiger partial charge >= 0.3 is 0 Å². The number of ketones is 1. The van der Waals surface area contributed by atoms with Crippen LogP contribution in [0.3, 0.4) is 0 Å². The first-order chi connectivity index (χ1) is 14.4. The standard InChI is InChI=1S/C21H18N6O3/c1-12(13(2)28)25-18-9-17(20(23)29)26-21(27-18)15-4-6-16(7-5-15)30-19-8-3-14(10-22)11-24-19/h3-9,11-12H,1-2H3,(H2,23,29)(H,25,26,27)/t12-/m0/s1. The summed E-state index contributed by atoms with van der Waals surface area (Å²) in [6.45, 7) is 3.15. The maximum Gasteiger partial charge on any atom is 0.267 e. The number of nitrogens with zero attached hydrogens (tertiary/aromatic N) is 4. The van der Waals surface area contributed by atoms with Crippen molar-refractivity contribution in [3.05, 3.63) is 59.9 Å². The van der Waals surface area contributed by atoms with E-state index >= 15 is 0 Å². The number of nitrogens with one attached hydrogen (secondary N) is 1. The predicted octanol–water partition coefficient (Wildman–Crippen LogP) is 2.69. The molecule has 0 aliphatic rings. The second-order valence-electron chi connectivity index (χ2n) is 6.43. The summed E-state index contributed by atoms with van der Waals surface area (Å²) in [5, 5.41) is 11.7. The summed E-state index contributed by atoms with van der Waals surface area (Å²) in [4.78, 5) is 35.8. The Balaban J connectivity index is 1.85. The summed E-state index contributed by atoms with van der Waals surface area (Å²) >= 11 is 0. The van der Waals surface area contributed by atoms with Gasteiger partial charge in [0.1, 0.15) is 23.3 Å². The molecular formula is C21H18N6O3. The Labute approximate surface area is 172 Å². The van der Waals surface area contributed by atoms with Gasteiger partial charge in [-0.3, -0.25) is 9.59 Å². The molecule has 2 aromatic heterocycles. The molecule has 0 fully saturated rings. The molecule has 150 valence electrons. The van der Waals surface area contributed by atoms with Crippen LogP contribution in [-0.2, 0) is 4.79 Å². The fourth-order valence-corrected chi connectivity index (χ4v) is 2.40. The lowest BCUT2D eigenvalue weighted by Gasteiger charge is -2.13. The molecule has 0 radical (unpaired) electrons. The molecule has 30 heavy (non-hydrogen) atoms. The zero-order chi connectivity index (χ0) is 21.7. The molecule has 1 amide bonds. The number of carbonyl (C=O) groups excluding carboxylic acids is 2. The van der Waals surface area contributed by atoms with Gasteiger partial charge in [-0.15, -0.1) is 0 Å². The van der Waals surface area contributed by atoms with Crippen LogP contribution in [0.2, 0.25) is 0 Å². The van der Waals surface area contributed by atoms with Crippen LogP contribution in [0.1, 0.15) is 29.9 Å². The number of primary amides is 1. The smallest absolute Gasteiger partial charge is 0.267 e. The van der Waals surface area contributed by atoms with Crippen LogP contribution in [0.4, 0.5) is 5.82 Å². The Morgan fingerprint density at radius 2 is 1.90 bits per heavy atom. The SMILES string of the molecule is CC(=O)[C@H](C)Nc1cc(C(N)=O)nc(-c2ccc(Oc3ccc(C#N)cn3)cc2)n1. The van der Waals surface area contributed by atoms with Gasteiger partial charge in [0.05, 0.1) is 11.6 Å². The van der Waals surface area contributed by atoms with Crippen molar-refractivity contribution in [1.82, 2.24) is 15.0 Å². The number of anilines is 1. The summed E-state index contributed by atoms with van der Waals surface area (Å²) in [5.41, 5.74) is 6.47. The molecule has 1 atom stereocenters. The van der Waals surface area contributed by atoms with Crippen molar-refractivity contribution in [2.24, 2.45) is 5.73 Å². The number of rotatable bonds is 7. The monoisotopic (exact) mass is 402 g/mol. The maximum absolute atomic E-state index is 11.6. The van der Waals surface area contributed by atoms with Crippen LogP contribution in [0.25, 0.3) is 11.4 Å². The normalized spacial score (nSPS) is 11.2. The minimum Gasteiger partial charge on any atom is -0.439 e. The van der Waals surface area contributed by atoms with E-state index in [2.05, 4.69) is 20.3 Å². The molecule has 0 saturated carbocycles. The highest BCUT2D eigenvalue weighted by Crippen LogP contribution is 2.24. The molecule has 0 saturated heterocycles. The maximum atomic E-state index is 11.6. The van der Waals surface area contributed by atoms with E-state index in [1.807, 2.05) is 6.07 Å². The second-order valence-corrected chi connectivity index (χ2v) is 6.43. The third-order valence-corrected chi connectivity index (χ3v) is 4.15. The molecule has 3 rings (SSSR count). The Kier molecular flexibility index (Phi) is 5.98. The quantitative estimate of drug-likeness (QED) is 0.614. The number of nitriles is 1. The van der Waals surface area contributed by atoms with Gasteiger partial charge in [0, 0.05) is 23.9 Å². The molecule has 1 aromatic carbocycles. The van der Waals surface area contributed by atoms with E-state index < -0.39 is 11.9 Å². The largest absolute Gasteiger partial charge is 0.439 e. The molecule has 0 unspecified atom stereocenters. The van der Waals surface area contributed by atoms with Crippen molar-refractivity contribution in [3.8, 4) is 29.1 Å². The lowest BCUT2D eigenvalue weighted by Crippen LogP contribution is -2.25. The van der Waals surface area contributed by atoms with E-state index in [9.17, 15) is 9.59 Å². The number of benzene rings is 1. The van der Waals surface area contributed by atoms with Crippen molar-refractivity contribution in [3.63, 3.8) is 0 Å². The molecule has 3 aromatic rings. The number of amides is 1. The average Bonchev–Trinajstić information content (AvgIpc) is 2.74. The summed E-state index contributed by atoms with van der Waals surface area (Å²) in [6.07, 6.45) is 1.42. The van der Waals surface area contributed by atoms with Gasteiger partial charge in [0.25, 0.3) is 5.91 Å². The van der Waals surface area contributed by atoms with Crippen LogP contribution in [0.15, 0.2) is 48.7 Å². The third-order valence-electron chi connectivity index (χ3n) is 4.15. The zero-order valence-electron chi connectivity index (χ0n) is 16.3. The van der Waals surface area contributed by atoms with E-state index in [4.69, 9.17) is 15.7 Å². The third kappa shape index (κ3) is 4.94. The summed E-state index contributed by atoms with van der Waals surface area (Å²) < 4.78 is 5.65. The van der Waals surface area contributed by atoms with Gasteiger partial charge in [-0.2, -0.15) is 5.26 Å². The summed E-state index contributed by atoms with van der Waals surface area (Å²) in [5.74, 6) is 0.674. The minimum atomic E-state index is -0.705. The second kappa shape index (κ2) is 8.79. The van der Waals surface area contributed by atoms with Crippen molar-refractivity contribution in [2.75, 3.05) is 5.32 Å². The lowest BCUT2D eigenvalue weighted by molar-refractivity contribution is -0.117. The van der Waals surface area contributed by atoms with E-state index in [-0.39, 0.29) is 17.3 Å². The van der Waals surface area contributed by atoms with Crippen LogP contribution in [-0.4, -0.2) is 32.7 Å². The van der Waals surface area contributed by atoms with E-state index in [1.54, 1.807) is 43.3 Å². The molecule has 0 bridgehead atoms. The fraction of sp³-hybridized carbons (Fsp3) is 0.143. The average molecular weight is 402 g/mol. The van der Waals surface area contributed by atoms with Crippen molar-refractivity contribution in [1.29, 1.82) is 5.26 Å². The van der Waals surface area contributed by atoms with Crippen LogP contribution >= 0.6 is 0 Å². The predicted molar refractivity (Wildman–Crippen MR) is 109 cm³/mol. The van der Waals surface area contributed by atoms with E-state index in [0.717, 1.165) is 0 Å². The number of hydrogen-bond acceptors (Lipinski definition) is 8. The lowest BCUT2D eigenvalue weighted by atomic mass is 10.2. The number of carbonyl (C=O) groups is 2. The Morgan fingerprint density at radius 3 is 2.47 bits per heavy atom. The van der Waals surface area contributed by atoms with Crippen molar-refractivity contribution in [2.45, 2.75) is 19.9 Å². The Morgan fingerprint density at radius 1 is 1.17 bits per heavy atom. The highest BCUT2D eigenvalue weighted by Gasteiger charge is 2.14. The highest BCUT2D eigenvalue weighted by atomic mass is 16.5. The fourth-order valence-electron chi connectivity index (χ4n) is 2.40. The number of nitrogens with two attached hydrogens (primary N) is 1. The zero-order valence-corrected chi connectivity index (χ0v) is 16.3. The van der Waals surface area contributed by atoms with Gasteiger partial charge in [-0.05, 0) is 44.2 Å². The number of Topliss-reactive ketones (excluding diaryl/α,β-unsaturated/α-hetero) is 1. The Bertz CT molecular complexity index is 1120. The highest BCUT2D eigenvalue weighted by molar-refractivity contribution is 5.92. The van der Waals surface area contributed by atoms with Crippen LogP contribution in [0.5, 0.6) is 11.6 Å². The molecule has 2 heterocycles. The number of hydrogen-bond donors (Lipinski definition) is 2. The first-order valence-corrected chi connectivity index (χ1v) is 8.96. The Hall–Kier alpha value is -4.32. The van der Waals surface area contributed by atoms with Gasteiger partial charge in [0.15, 0.2) is 11.6 Å². The minimum absolute atomic E-state index is 0.0281. The molecule has 3 N–H and O–H groups in total. The van der Waals surface area contributed by atoms with Crippen LogP contribution < -0.4 is 15.8 Å². The molecule has 9 heteroatoms. The van der Waals surface area contributed by atoms with E-state index in [1.165, 1.54) is 19.2 Å². The molecule has 0 aliphatic carbocycles. The van der Waals surface area contributed by atoms with Crippen LogP contribution in [0, 0.1) is 11.3 Å². The van der Waals surface area contributed by atoms with Gasteiger partial charge in [0.2, 0.25) is 5.88 Å². The first kappa shape index (κ1) is 20.4. The van der Waals surface area contributed by atoms with Gasteiger partial charge < -0.3 is 15.8 Å². The molecule has 9 nitrogen and oxygen atoms in total.